The normalized spacial score (nSPS) is 18.9. The van der Waals surface area contributed by atoms with Gasteiger partial charge in [-0.15, -0.1) is 11.3 Å². The van der Waals surface area contributed by atoms with Gasteiger partial charge in [-0.25, -0.2) is 0 Å². The maximum absolute atomic E-state index is 12.2. The molecular formula is C13H19NO2S. The van der Waals surface area contributed by atoms with E-state index in [2.05, 4.69) is 16.8 Å². The van der Waals surface area contributed by atoms with Crippen molar-refractivity contribution in [1.29, 1.82) is 0 Å². The van der Waals surface area contributed by atoms with E-state index in [9.17, 15) is 4.79 Å². The molecule has 94 valence electrons. The van der Waals surface area contributed by atoms with Crippen LogP contribution < -0.4 is 5.32 Å². The maximum atomic E-state index is 12.2. The monoisotopic (exact) mass is 253 g/mol. The highest BCUT2D eigenvalue weighted by Crippen LogP contribution is 2.35. The summed E-state index contributed by atoms with van der Waals surface area (Å²) in [5.74, 6) is -0.0186. The summed E-state index contributed by atoms with van der Waals surface area (Å²) in [5, 5.41) is 5.38. The second kappa shape index (κ2) is 5.65. The standard InChI is InChI=1S/C13H19NO2S/c1-2-16-12(15)13(5-7-14-8-6-13)10-11-4-3-9-17-11/h3-4,9,14H,2,5-8,10H2,1H3. The molecule has 1 aromatic heterocycles. The van der Waals surface area contributed by atoms with E-state index in [1.54, 1.807) is 11.3 Å². The molecule has 1 N–H and O–H groups in total. The summed E-state index contributed by atoms with van der Waals surface area (Å²) in [6.45, 7) is 4.16. The number of thiophene rings is 1. The lowest BCUT2D eigenvalue weighted by atomic mass is 9.76. The third-order valence-electron chi connectivity index (χ3n) is 3.36. The molecule has 0 saturated carbocycles. The Bertz CT molecular complexity index is 356. The summed E-state index contributed by atoms with van der Waals surface area (Å²) in [6, 6.07) is 4.15. The van der Waals surface area contributed by atoms with Crippen LogP contribution in [0, 0.1) is 5.41 Å². The lowest BCUT2D eigenvalue weighted by Crippen LogP contribution is -2.44. The molecule has 1 aliphatic heterocycles. The van der Waals surface area contributed by atoms with E-state index in [1.807, 2.05) is 13.0 Å². The fraction of sp³-hybridized carbons (Fsp3) is 0.615. The van der Waals surface area contributed by atoms with Crippen LogP contribution in [0.5, 0.6) is 0 Å². The zero-order valence-electron chi connectivity index (χ0n) is 10.2. The van der Waals surface area contributed by atoms with Crippen molar-refractivity contribution in [3.63, 3.8) is 0 Å². The van der Waals surface area contributed by atoms with E-state index in [4.69, 9.17) is 4.74 Å². The van der Waals surface area contributed by atoms with Crippen LogP contribution >= 0.6 is 11.3 Å². The number of rotatable bonds is 4. The van der Waals surface area contributed by atoms with E-state index in [0.717, 1.165) is 32.4 Å². The van der Waals surface area contributed by atoms with E-state index in [-0.39, 0.29) is 11.4 Å². The van der Waals surface area contributed by atoms with Gasteiger partial charge < -0.3 is 10.1 Å². The summed E-state index contributed by atoms with van der Waals surface area (Å²) < 4.78 is 5.27. The summed E-state index contributed by atoms with van der Waals surface area (Å²) in [6.07, 6.45) is 2.58. The van der Waals surface area contributed by atoms with Crippen LogP contribution in [-0.2, 0) is 16.0 Å². The lowest BCUT2D eigenvalue weighted by Gasteiger charge is -2.34. The molecule has 0 radical (unpaired) electrons. The number of carbonyl (C=O) groups is 1. The Kier molecular flexibility index (Phi) is 4.18. The predicted octanol–water partition coefficient (Wildman–Crippen LogP) is 2.22. The SMILES string of the molecule is CCOC(=O)C1(Cc2cccs2)CCNCC1. The number of hydrogen-bond donors (Lipinski definition) is 1. The first-order valence-corrected chi connectivity index (χ1v) is 7.05. The molecule has 2 heterocycles. The highest BCUT2D eigenvalue weighted by atomic mass is 32.1. The van der Waals surface area contributed by atoms with Gasteiger partial charge in [-0.1, -0.05) is 6.07 Å². The van der Waals surface area contributed by atoms with Crippen LogP contribution in [0.2, 0.25) is 0 Å². The second-order valence-corrected chi connectivity index (χ2v) is 5.54. The fourth-order valence-corrected chi connectivity index (χ4v) is 3.24. The van der Waals surface area contributed by atoms with E-state index >= 15 is 0 Å². The Morgan fingerprint density at radius 1 is 1.53 bits per heavy atom. The number of carbonyl (C=O) groups excluding carboxylic acids is 1. The zero-order valence-corrected chi connectivity index (χ0v) is 11.0. The third kappa shape index (κ3) is 2.87. The Labute approximate surface area is 106 Å². The van der Waals surface area contributed by atoms with Crippen molar-refractivity contribution >= 4 is 17.3 Å². The molecular weight excluding hydrogens is 234 g/mol. The van der Waals surface area contributed by atoms with E-state index < -0.39 is 0 Å². The van der Waals surface area contributed by atoms with Crippen LogP contribution in [0.1, 0.15) is 24.6 Å². The summed E-state index contributed by atoms with van der Waals surface area (Å²) in [5.41, 5.74) is -0.299. The minimum absolute atomic E-state index is 0.0186. The van der Waals surface area contributed by atoms with Crippen molar-refractivity contribution in [2.24, 2.45) is 5.41 Å². The number of ether oxygens (including phenoxy) is 1. The molecule has 0 atom stereocenters. The van der Waals surface area contributed by atoms with Crippen molar-refractivity contribution in [2.45, 2.75) is 26.2 Å². The average Bonchev–Trinajstić information content (AvgIpc) is 2.83. The van der Waals surface area contributed by atoms with Gasteiger partial charge in [0.25, 0.3) is 0 Å². The number of piperidine rings is 1. The molecule has 0 aliphatic carbocycles. The van der Waals surface area contributed by atoms with Gasteiger partial charge in [0.2, 0.25) is 0 Å². The Morgan fingerprint density at radius 2 is 2.29 bits per heavy atom. The fourth-order valence-electron chi connectivity index (χ4n) is 2.39. The molecule has 1 saturated heterocycles. The Balaban J connectivity index is 2.14. The molecule has 2 rings (SSSR count). The Morgan fingerprint density at radius 3 is 2.88 bits per heavy atom. The van der Waals surface area contributed by atoms with Gasteiger partial charge in [-0.2, -0.15) is 0 Å². The molecule has 0 aromatic carbocycles. The van der Waals surface area contributed by atoms with Crippen LogP contribution in [0.25, 0.3) is 0 Å². The van der Waals surface area contributed by atoms with Crippen molar-refractivity contribution in [2.75, 3.05) is 19.7 Å². The first-order chi connectivity index (χ1) is 8.27. The van der Waals surface area contributed by atoms with Gasteiger partial charge in [-0.3, -0.25) is 4.79 Å². The second-order valence-electron chi connectivity index (χ2n) is 4.51. The molecule has 17 heavy (non-hydrogen) atoms. The van der Waals surface area contributed by atoms with Crippen LogP contribution in [-0.4, -0.2) is 25.7 Å². The molecule has 1 fully saturated rings. The molecule has 0 spiro atoms. The molecule has 3 nitrogen and oxygen atoms in total. The summed E-state index contributed by atoms with van der Waals surface area (Å²) in [4.78, 5) is 13.5. The van der Waals surface area contributed by atoms with Gasteiger partial charge in [0, 0.05) is 4.88 Å². The average molecular weight is 253 g/mol. The van der Waals surface area contributed by atoms with E-state index in [1.165, 1.54) is 4.88 Å². The molecule has 4 heteroatoms. The van der Waals surface area contributed by atoms with Crippen LogP contribution in [0.3, 0.4) is 0 Å². The minimum atomic E-state index is -0.299. The van der Waals surface area contributed by atoms with Gasteiger partial charge >= 0.3 is 5.97 Å². The summed E-state index contributed by atoms with van der Waals surface area (Å²) in [7, 11) is 0. The smallest absolute Gasteiger partial charge is 0.312 e. The topological polar surface area (TPSA) is 38.3 Å². The highest BCUT2D eigenvalue weighted by Gasteiger charge is 2.41. The quantitative estimate of drug-likeness (QED) is 0.836. The van der Waals surface area contributed by atoms with Crippen molar-refractivity contribution in [3.05, 3.63) is 22.4 Å². The molecule has 1 aromatic rings. The molecule has 0 amide bonds. The number of esters is 1. The van der Waals surface area contributed by atoms with Gasteiger partial charge in [0.15, 0.2) is 0 Å². The highest BCUT2D eigenvalue weighted by molar-refractivity contribution is 7.09. The van der Waals surface area contributed by atoms with Crippen molar-refractivity contribution < 1.29 is 9.53 Å². The molecule has 0 unspecified atom stereocenters. The lowest BCUT2D eigenvalue weighted by molar-refractivity contribution is -0.157. The van der Waals surface area contributed by atoms with E-state index in [0.29, 0.717) is 6.61 Å². The first-order valence-electron chi connectivity index (χ1n) is 6.17. The Hall–Kier alpha value is -0.870. The first kappa shape index (κ1) is 12.6. The van der Waals surface area contributed by atoms with Gasteiger partial charge in [0.1, 0.15) is 0 Å². The third-order valence-corrected chi connectivity index (χ3v) is 4.24. The van der Waals surface area contributed by atoms with Gasteiger partial charge in [0.05, 0.1) is 12.0 Å². The largest absolute Gasteiger partial charge is 0.466 e. The predicted molar refractivity (Wildman–Crippen MR) is 69.2 cm³/mol. The number of hydrogen-bond acceptors (Lipinski definition) is 4. The van der Waals surface area contributed by atoms with Crippen molar-refractivity contribution in [1.82, 2.24) is 5.32 Å². The van der Waals surface area contributed by atoms with Crippen LogP contribution in [0.15, 0.2) is 17.5 Å². The zero-order chi connectivity index (χ0) is 12.1. The van der Waals surface area contributed by atoms with Gasteiger partial charge in [-0.05, 0) is 50.7 Å². The molecule has 1 aliphatic rings. The molecule has 0 bridgehead atoms. The minimum Gasteiger partial charge on any atom is -0.466 e. The van der Waals surface area contributed by atoms with Crippen molar-refractivity contribution in [3.8, 4) is 0 Å². The number of nitrogens with one attached hydrogen (secondary N) is 1. The maximum Gasteiger partial charge on any atom is 0.312 e. The van der Waals surface area contributed by atoms with Crippen LogP contribution in [0.4, 0.5) is 0 Å². The summed E-state index contributed by atoms with van der Waals surface area (Å²) >= 11 is 1.72.